The van der Waals surface area contributed by atoms with Crippen LogP contribution in [0.25, 0.3) is 5.57 Å². The number of allylic oxidation sites excluding steroid dienone is 3. The summed E-state index contributed by atoms with van der Waals surface area (Å²) in [4.78, 5) is 1.37. The van der Waals surface area contributed by atoms with E-state index in [0.29, 0.717) is 5.25 Å². The molecule has 3 unspecified atom stereocenters. The Labute approximate surface area is 154 Å². The van der Waals surface area contributed by atoms with E-state index in [-0.39, 0.29) is 5.92 Å². The Kier molecular flexibility index (Phi) is 4.35. The van der Waals surface area contributed by atoms with Crippen molar-refractivity contribution in [3.63, 3.8) is 0 Å². The maximum Gasteiger partial charge on any atom is 0.0871 e. The van der Waals surface area contributed by atoms with E-state index in [0.717, 1.165) is 18.4 Å². The molecule has 1 aliphatic carbocycles. The molecule has 25 heavy (non-hydrogen) atoms. The van der Waals surface area contributed by atoms with E-state index < -0.39 is 5.60 Å². The quantitative estimate of drug-likeness (QED) is 0.741. The Balaban J connectivity index is 1.76. The van der Waals surface area contributed by atoms with Gasteiger partial charge in [0.15, 0.2) is 0 Å². The minimum atomic E-state index is -0.781. The van der Waals surface area contributed by atoms with Gasteiger partial charge >= 0.3 is 0 Å². The highest BCUT2D eigenvalue weighted by atomic mass is 32.2. The molecule has 2 aromatic carbocycles. The fourth-order valence-electron chi connectivity index (χ4n) is 4.16. The maximum atomic E-state index is 11.1. The van der Waals surface area contributed by atoms with Crippen LogP contribution in [-0.2, 0) is 5.60 Å². The van der Waals surface area contributed by atoms with Crippen LogP contribution >= 0.6 is 11.8 Å². The molecule has 2 aliphatic rings. The third kappa shape index (κ3) is 2.88. The Hall–Kier alpha value is -1.77. The summed E-state index contributed by atoms with van der Waals surface area (Å²) >= 11 is 1.95. The summed E-state index contributed by atoms with van der Waals surface area (Å²) in [7, 11) is 0. The predicted molar refractivity (Wildman–Crippen MR) is 107 cm³/mol. The first-order chi connectivity index (χ1) is 12.1. The molecule has 1 aliphatic heterocycles. The summed E-state index contributed by atoms with van der Waals surface area (Å²) in [5, 5.41) is 11.5. The van der Waals surface area contributed by atoms with Crippen LogP contribution in [0.15, 0.2) is 71.7 Å². The molecule has 1 heterocycles. The smallest absolute Gasteiger partial charge is 0.0871 e. The minimum Gasteiger partial charge on any atom is -0.385 e. The van der Waals surface area contributed by atoms with Crippen LogP contribution in [0, 0.1) is 0 Å². The molecule has 2 aromatic rings. The zero-order valence-electron chi connectivity index (χ0n) is 14.8. The Morgan fingerprint density at radius 1 is 1.08 bits per heavy atom. The average Bonchev–Trinajstić information content (AvgIpc) is 3.00. The van der Waals surface area contributed by atoms with Crippen molar-refractivity contribution < 1.29 is 5.11 Å². The Morgan fingerprint density at radius 3 is 2.68 bits per heavy atom. The fraction of sp³-hybridized carbons (Fsp3) is 0.304. The van der Waals surface area contributed by atoms with Crippen LogP contribution in [0.1, 0.15) is 49.3 Å². The molecular formula is C23H24OS. The average molecular weight is 349 g/mol. The van der Waals surface area contributed by atoms with E-state index in [4.69, 9.17) is 0 Å². The van der Waals surface area contributed by atoms with Gasteiger partial charge in [-0.25, -0.2) is 0 Å². The number of hydrogen-bond acceptors (Lipinski definition) is 2. The standard InChI is InChI=1S/C23H24OS/c1-3-15-23(2,24)20-13-6-4-9-16(20)18-11-8-12-19-17-10-5-7-14-21(17)25-22(18)19/h4-14,18,22,24H,3,15H2,1-2H3. The molecular weight excluding hydrogens is 324 g/mol. The van der Waals surface area contributed by atoms with Gasteiger partial charge in [0.1, 0.15) is 0 Å². The van der Waals surface area contributed by atoms with E-state index in [9.17, 15) is 5.11 Å². The van der Waals surface area contributed by atoms with Gasteiger partial charge in [0.25, 0.3) is 0 Å². The highest BCUT2D eigenvalue weighted by Crippen LogP contribution is 2.53. The normalized spacial score (nSPS) is 23.6. The van der Waals surface area contributed by atoms with Crippen molar-refractivity contribution >= 4 is 17.3 Å². The van der Waals surface area contributed by atoms with Crippen LogP contribution in [0.3, 0.4) is 0 Å². The van der Waals surface area contributed by atoms with Gasteiger partial charge in [-0.2, -0.15) is 0 Å². The van der Waals surface area contributed by atoms with E-state index in [2.05, 4.69) is 67.6 Å². The molecule has 0 saturated carbocycles. The first kappa shape index (κ1) is 16.7. The molecule has 0 aromatic heterocycles. The second-order valence-electron chi connectivity index (χ2n) is 7.18. The van der Waals surface area contributed by atoms with Gasteiger partial charge in [0.2, 0.25) is 0 Å². The summed E-state index contributed by atoms with van der Waals surface area (Å²) in [6, 6.07) is 17.1. The van der Waals surface area contributed by atoms with Crippen molar-refractivity contribution in [1.29, 1.82) is 0 Å². The fourth-order valence-corrected chi connectivity index (χ4v) is 5.62. The monoisotopic (exact) mass is 348 g/mol. The lowest BCUT2D eigenvalue weighted by Crippen LogP contribution is -2.25. The van der Waals surface area contributed by atoms with Gasteiger partial charge in [-0.3, -0.25) is 0 Å². The maximum absolute atomic E-state index is 11.1. The van der Waals surface area contributed by atoms with E-state index in [1.807, 2.05) is 24.8 Å². The lowest BCUT2D eigenvalue weighted by molar-refractivity contribution is 0.0459. The Morgan fingerprint density at radius 2 is 1.84 bits per heavy atom. The van der Waals surface area contributed by atoms with Crippen LogP contribution in [0.4, 0.5) is 0 Å². The van der Waals surface area contributed by atoms with Crippen LogP contribution in [0.5, 0.6) is 0 Å². The number of benzene rings is 2. The topological polar surface area (TPSA) is 20.2 Å². The van der Waals surface area contributed by atoms with Crippen molar-refractivity contribution in [1.82, 2.24) is 0 Å². The molecule has 128 valence electrons. The third-order valence-corrected chi connectivity index (χ3v) is 6.73. The van der Waals surface area contributed by atoms with Crippen molar-refractivity contribution in [2.75, 3.05) is 0 Å². The summed E-state index contributed by atoms with van der Waals surface area (Å²) < 4.78 is 0. The molecule has 0 spiro atoms. The number of thioether (sulfide) groups is 1. The van der Waals surface area contributed by atoms with E-state index in [1.165, 1.54) is 21.6 Å². The largest absolute Gasteiger partial charge is 0.385 e. The van der Waals surface area contributed by atoms with Crippen LogP contribution < -0.4 is 0 Å². The molecule has 0 bridgehead atoms. The number of rotatable bonds is 4. The molecule has 2 heteroatoms. The van der Waals surface area contributed by atoms with Gasteiger partial charge in [-0.15, -0.1) is 11.8 Å². The summed E-state index contributed by atoms with van der Waals surface area (Å²) in [6.07, 6.45) is 8.49. The van der Waals surface area contributed by atoms with Gasteiger partial charge in [0.05, 0.1) is 5.60 Å². The molecule has 0 fully saturated rings. The number of hydrogen-bond donors (Lipinski definition) is 1. The van der Waals surface area contributed by atoms with Crippen molar-refractivity contribution in [3.8, 4) is 0 Å². The predicted octanol–water partition coefficient (Wildman–Crippen LogP) is 5.91. The first-order valence-corrected chi connectivity index (χ1v) is 9.96. The third-order valence-electron chi connectivity index (χ3n) is 5.32. The van der Waals surface area contributed by atoms with Crippen molar-refractivity contribution in [2.45, 2.75) is 48.4 Å². The first-order valence-electron chi connectivity index (χ1n) is 9.08. The lowest BCUT2D eigenvalue weighted by atomic mass is 9.78. The van der Waals surface area contributed by atoms with Gasteiger partial charge < -0.3 is 5.11 Å². The second kappa shape index (κ2) is 6.51. The zero-order valence-corrected chi connectivity index (χ0v) is 15.6. The van der Waals surface area contributed by atoms with Gasteiger partial charge in [-0.1, -0.05) is 74.0 Å². The number of fused-ring (bicyclic) bond motifs is 3. The van der Waals surface area contributed by atoms with Crippen LogP contribution in [0.2, 0.25) is 0 Å². The summed E-state index contributed by atoms with van der Waals surface area (Å²) in [6.45, 7) is 4.08. The van der Waals surface area contributed by atoms with Gasteiger partial charge in [0, 0.05) is 16.1 Å². The number of aliphatic hydroxyl groups is 1. The highest BCUT2D eigenvalue weighted by Gasteiger charge is 2.37. The molecule has 0 saturated heterocycles. The molecule has 0 radical (unpaired) electrons. The molecule has 3 atom stereocenters. The van der Waals surface area contributed by atoms with Crippen molar-refractivity contribution in [2.24, 2.45) is 0 Å². The van der Waals surface area contributed by atoms with E-state index in [1.54, 1.807) is 0 Å². The van der Waals surface area contributed by atoms with Crippen LogP contribution in [-0.4, -0.2) is 10.4 Å². The highest BCUT2D eigenvalue weighted by molar-refractivity contribution is 8.01. The molecule has 1 nitrogen and oxygen atoms in total. The zero-order chi connectivity index (χ0) is 17.4. The Bertz CT molecular complexity index is 847. The SMILES string of the molecule is CCCC(C)(O)c1ccccc1C1C=CC=C2c3ccccc3SC21. The summed E-state index contributed by atoms with van der Waals surface area (Å²) in [5.74, 6) is 0.289. The molecule has 4 rings (SSSR count). The second-order valence-corrected chi connectivity index (χ2v) is 8.36. The molecule has 0 amide bonds. The minimum absolute atomic E-state index is 0.289. The van der Waals surface area contributed by atoms with Gasteiger partial charge in [-0.05, 0) is 41.7 Å². The van der Waals surface area contributed by atoms with E-state index >= 15 is 0 Å². The lowest BCUT2D eigenvalue weighted by Gasteiger charge is -2.32. The van der Waals surface area contributed by atoms with Crippen molar-refractivity contribution in [3.05, 3.63) is 83.4 Å². The summed E-state index contributed by atoms with van der Waals surface area (Å²) in [5.41, 5.74) is 4.33. The molecule has 1 N–H and O–H groups in total.